The SMILES string of the molecule is C[Si](C)(C)CCOCn1cc(C(=O)O)c(-c2ccccc2)n1. The van der Waals surface area contributed by atoms with E-state index in [-0.39, 0.29) is 12.3 Å². The van der Waals surface area contributed by atoms with Crippen LogP contribution in [0.25, 0.3) is 11.3 Å². The average Bonchev–Trinajstić information content (AvgIpc) is 2.88. The molecule has 2 aromatic rings. The van der Waals surface area contributed by atoms with Crippen molar-refractivity contribution in [1.82, 2.24) is 9.78 Å². The number of hydrogen-bond donors (Lipinski definition) is 1. The Hall–Kier alpha value is -1.92. The highest BCUT2D eigenvalue weighted by molar-refractivity contribution is 6.76. The highest BCUT2D eigenvalue weighted by Gasteiger charge is 2.17. The monoisotopic (exact) mass is 318 g/mol. The van der Waals surface area contributed by atoms with E-state index in [9.17, 15) is 9.90 Å². The maximum absolute atomic E-state index is 11.4. The molecule has 5 nitrogen and oxygen atoms in total. The Balaban J connectivity index is 2.09. The van der Waals surface area contributed by atoms with Crippen molar-refractivity contribution in [2.24, 2.45) is 0 Å². The van der Waals surface area contributed by atoms with Gasteiger partial charge in [0.05, 0.1) is 0 Å². The van der Waals surface area contributed by atoms with Crippen LogP contribution in [0.5, 0.6) is 0 Å². The van der Waals surface area contributed by atoms with Gasteiger partial charge >= 0.3 is 5.97 Å². The maximum Gasteiger partial charge on any atom is 0.339 e. The minimum Gasteiger partial charge on any atom is -0.478 e. The van der Waals surface area contributed by atoms with Gasteiger partial charge in [-0.25, -0.2) is 9.48 Å². The zero-order chi connectivity index (χ0) is 16.2. The predicted molar refractivity (Wildman–Crippen MR) is 88.7 cm³/mol. The van der Waals surface area contributed by atoms with Gasteiger partial charge in [0.2, 0.25) is 0 Å². The van der Waals surface area contributed by atoms with E-state index in [1.165, 1.54) is 6.20 Å². The van der Waals surface area contributed by atoms with Crippen LogP contribution in [0.4, 0.5) is 0 Å². The smallest absolute Gasteiger partial charge is 0.339 e. The zero-order valence-corrected chi connectivity index (χ0v) is 14.2. The number of rotatable bonds is 7. The van der Waals surface area contributed by atoms with Gasteiger partial charge in [0.1, 0.15) is 18.0 Å². The Bertz CT molecular complexity index is 633. The summed E-state index contributed by atoms with van der Waals surface area (Å²) in [5, 5.41) is 13.7. The van der Waals surface area contributed by atoms with Crippen LogP contribution in [0.3, 0.4) is 0 Å². The third-order valence-electron chi connectivity index (χ3n) is 3.26. The van der Waals surface area contributed by atoms with Crippen LogP contribution >= 0.6 is 0 Å². The number of carboxylic acid groups (broad SMARTS) is 1. The Morgan fingerprint density at radius 3 is 2.55 bits per heavy atom. The number of hydrogen-bond acceptors (Lipinski definition) is 3. The summed E-state index contributed by atoms with van der Waals surface area (Å²) in [6, 6.07) is 10.4. The lowest BCUT2D eigenvalue weighted by Gasteiger charge is -2.15. The fourth-order valence-electron chi connectivity index (χ4n) is 1.99. The van der Waals surface area contributed by atoms with Crippen LogP contribution in [0, 0.1) is 0 Å². The molecule has 1 N–H and O–H groups in total. The van der Waals surface area contributed by atoms with Crippen molar-refractivity contribution in [3.05, 3.63) is 42.1 Å². The van der Waals surface area contributed by atoms with Crippen LogP contribution < -0.4 is 0 Å². The van der Waals surface area contributed by atoms with Gasteiger partial charge in [-0.3, -0.25) is 0 Å². The molecule has 0 aliphatic heterocycles. The third-order valence-corrected chi connectivity index (χ3v) is 4.96. The van der Waals surface area contributed by atoms with E-state index in [0.29, 0.717) is 12.3 Å². The second-order valence-electron chi connectivity index (χ2n) is 6.45. The van der Waals surface area contributed by atoms with Crippen molar-refractivity contribution in [2.45, 2.75) is 32.4 Å². The molecule has 0 aliphatic rings. The largest absolute Gasteiger partial charge is 0.478 e. The molecular weight excluding hydrogens is 296 g/mol. The molecule has 0 fully saturated rings. The first kappa shape index (κ1) is 16.4. The van der Waals surface area contributed by atoms with E-state index in [4.69, 9.17) is 4.74 Å². The molecule has 2 rings (SSSR count). The molecule has 0 amide bonds. The number of benzene rings is 1. The molecule has 0 unspecified atom stereocenters. The zero-order valence-electron chi connectivity index (χ0n) is 13.2. The van der Waals surface area contributed by atoms with Gasteiger partial charge in [0.15, 0.2) is 0 Å². The Labute approximate surface area is 131 Å². The minimum atomic E-state index is -1.12. The van der Waals surface area contributed by atoms with Crippen LogP contribution in [0.1, 0.15) is 10.4 Å². The van der Waals surface area contributed by atoms with Crippen molar-refractivity contribution in [2.75, 3.05) is 6.61 Å². The normalized spacial score (nSPS) is 11.6. The minimum absolute atomic E-state index is 0.194. The van der Waals surface area contributed by atoms with Crippen LogP contribution in [-0.2, 0) is 11.5 Å². The van der Waals surface area contributed by atoms with Crippen molar-refractivity contribution in [3.63, 3.8) is 0 Å². The van der Waals surface area contributed by atoms with Gasteiger partial charge in [0.25, 0.3) is 0 Å². The van der Waals surface area contributed by atoms with Gasteiger partial charge in [-0.2, -0.15) is 5.10 Å². The van der Waals surface area contributed by atoms with Crippen molar-refractivity contribution < 1.29 is 14.6 Å². The van der Waals surface area contributed by atoms with Crippen LogP contribution in [0.2, 0.25) is 25.7 Å². The molecule has 1 heterocycles. The van der Waals surface area contributed by atoms with Crippen LogP contribution in [0.15, 0.2) is 36.5 Å². The Morgan fingerprint density at radius 2 is 1.95 bits per heavy atom. The quantitative estimate of drug-likeness (QED) is 0.626. The summed E-state index contributed by atoms with van der Waals surface area (Å²) in [5.74, 6) is -0.979. The summed E-state index contributed by atoms with van der Waals surface area (Å²) in [6.45, 7) is 7.83. The number of carbonyl (C=O) groups is 1. The third kappa shape index (κ3) is 4.54. The standard InChI is InChI=1S/C16H22N2O3Si/c1-22(2,3)10-9-21-12-18-11-14(16(19)20)15(17-18)13-7-5-4-6-8-13/h4-8,11H,9-10,12H2,1-3H3,(H,19,20). The molecule has 0 aliphatic carbocycles. The van der Waals surface area contributed by atoms with Gasteiger partial charge in [0, 0.05) is 26.4 Å². The van der Waals surface area contributed by atoms with Crippen LogP contribution in [-0.4, -0.2) is 35.5 Å². The number of aromatic nitrogens is 2. The molecular formula is C16H22N2O3Si. The van der Waals surface area contributed by atoms with Gasteiger partial charge in [-0.05, 0) is 6.04 Å². The topological polar surface area (TPSA) is 64.3 Å². The lowest BCUT2D eigenvalue weighted by atomic mass is 10.1. The average molecular weight is 318 g/mol. The van der Waals surface area contributed by atoms with Crippen molar-refractivity contribution >= 4 is 14.0 Å². The van der Waals surface area contributed by atoms with E-state index in [1.54, 1.807) is 4.68 Å². The molecule has 0 spiro atoms. The lowest BCUT2D eigenvalue weighted by molar-refractivity contribution is 0.0693. The first-order valence-electron chi connectivity index (χ1n) is 7.31. The summed E-state index contributed by atoms with van der Waals surface area (Å²) in [5.41, 5.74) is 1.46. The number of aromatic carboxylic acids is 1. The molecule has 118 valence electrons. The first-order valence-corrected chi connectivity index (χ1v) is 11.0. The van der Waals surface area contributed by atoms with E-state index in [0.717, 1.165) is 11.6 Å². The Kier molecular flexibility index (Phi) is 5.15. The van der Waals surface area contributed by atoms with Gasteiger partial charge < -0.3 is 9.84 Å². The van der Waals surface area contributed by atoms with Crippen molar-refractivity contribution in [1.29, 1.82) is 0 Å². The number of carboxylic acids is 1. The molecule has 0 saturated carbocycles. The number of ether oxygens (including phenoxy) is 1. The molecule has 22 heavy (non-hydrogen) atoms. The summed E-state index contributed by atoms with van der Waals surface area (Å²) in [6.07, 6.45) is 1.53. The molecule has 0 bridgehead atoms. The molecule has 1 aromatic carbocycles. The maximum atomic E-state index is 11.4. The molecule has 6 heteroatoms. The summed E-state index contributed by atoms with van der Waals surface area (Å²) < 4.78 is 7.17. The summed E-state index contributed by atoms with van der Waals surface area (Å²) in [4.78, 5) is 11.4. The first-order chi connectivity index (χ1) is 10.4. The molecule has 0 radical (unpaired) electrons. The van der Waals surface area contributed by atoms with Crippen molar-refractivity contribution in [3.8, 4) is 11.3 Å². The second-order valence-corrected chi connectivity index (χ2v) is 12.1. The van der Waals surface area contributed by atoms with E-state index in [1.807, 2.05) is 30.3 Å². The van der Waals surface area contributed by atoms with Gasteiger partial charge in [-0.15, -0.1) is 0 Å². The lowest BCUT2D eigenvalue weighted by Crippen LogP contribution is -2.22. The predicted octanol–water partition coefficient (Wildman–Crippen LogP) is 3.56. The number of nitrogens with zero attached hydrogens (tertiary/aromatic N) is 2. The Morgan fingerprint density at radius 1 is 1.27 bits per heavy atom. The van der Waals surface area contributed by atoms with E-state index < -0.39 is 14.0 Å². The molecule has 0 atom stereocenters. The molecule has 0 saturated heterocycles. The van der Waals surface area contributed by atoms with E-state index >= 15 is 0 Å². The highest BCUT2D eigenvalue weighted by Crippen LogP contribution is 2.21. The fraction of sp³-hybridized carbons (Fsp3) is 0.375. The second kappa shape index (κ2) is 6.89. The summed E-state index contributed by atoms with van der Waals surface area (Å²) in [7, 11) is -1.12. The van der Waals surface area contributed by atoms with Gasteiger partial charge in [-0.1, -0.05) is 50.0 Å². The fourth-order valence-corrected chi connectivity index (χ4v) is 2.75. The molecule has 1 aromatic heterocycles. The highest BCUT2D eigenvalue weighted by atomic mass is 28.3. The van der Waals surface area contributed by atoms with E-state index in [2.05, 4.69) is 24.7 Å². The summed E-state index contributed by atoms with van der Waals surface area (Å²) >= 11 is 0.